The average Bonchev–Trinajstić information content (AvgIpc) is 2.73. The van der Waals surface area contributed by atoms with Gasteiger partial charge in [0.1, 0.15) is 17.8 Å². The van der Waals surface area contributed by atoms with E-state index in [9.17, 15) is 35.2 Å². The largest absolute Gasteiger partial charge is 2.00 e. The van der Waals surface area contributed by atoms with Gasteiger partial charge in [0.25, 0.3) is 0 Å². The fraction of sp³-hybridized carbons (Fsp3) is 0.200. The summed E-state index contributed by atoms with van der Waals surface area (Å²) < 4.78 is 89.2. The van der Waals surface area contributed by atoms with Crippen molar-refractivity contribution in [1.29, 1.82) is 0 Å². The number of alkyl halides is 3. The molecule has 0 bridgehead atoms. The third-order valence-electron chi connectivity index (χ3n) is 4.50. The van der Waals surface area contributed by atoms with Crippen LogP contribution >= 0.6 is 0 Å². The zero-order chi connectivity index (χ0) is 24.6. The molecule has 3 rings (SSSR count). The van der Waals surface area contributed by atoms with E-state index in [0.29, 0.717) is 5.69 Å². The van der Waals surface area contributed by atoms with Gasteiger partial charge in [-0.25, -0.2) is 17.2 Å². The smallest absolute Gasteiger partial charge is 0.533 e. The van der Waals surface area contributed by atoms with Crippen LogP contribution < -0.4 is 0 Å². The summed E-state index contributed by atoms with van der Waals surface area (Å²) in [5, 5.41) is 0. The quantitative estimate of drug-likeness (QED) is 0.227. The Kier molecular flexibility index (Phi) is 7.94. The van der Waals surface area contributed by atoms with E-state index in [1.165, 1.54) is 24.3 Å². The molecule has 1 amide bonds. The molecule has 0 unspecified atom stereocenters. The number of hydrogen-bond acceptors (Lipinski definition) is 6. The van der Waals surface area contributed by atoms with Crippen molar-refractivity contribution in [2.24, 2.45) is 0 Å². The Labute approximate surface area is 205 Å². The number of aromatic nitrogens is 3. The van der Waals surface area contributed by atoms with Crippen LogP contribution in [0.2, 0.25) is 0 Å². The van der Waals surface area contributed by atoms with E-state index in [0.717, 1.165) is 12.1 Å². The van der Waals surface area contributed by atoms with Crippen molar-refractivity contribution >= 4 is 15.9 Å². The standard InChI is InChI=1S/C20H14F5N4O3S.Pt/c1-19(2,14-7-3-5-12(26-14)11-9-10-16(21)28-17(11)22)15-8-4-6-13(27-15)18(30)29-33(31,32)20(23,24)25;/h3-8,10H,1-2H3,(H,29,30);/q-1;+2/p-1. The molecule has 0 radical (unpaired) electrons. The molecule has 0 aliphatic rings. The summed E-state index contributed by atoms with van der Waals surface area (Å²) >= 11 is 0. The number of amides is 1. The Morgan fingerprint density at radius 1 is 0.971 bits per heavy atom. The van der Waals surface area contributed by atoms with Crippen molar-refractivity contribution in [2.45, 2.75) is 24.8 Å². The molecule has 0 aromatic carbocycles. The number of rotatable bonds is 5. The molecule has 3 aromatic heterocycles. The molecule has 0 N–H and O–H groups in total. The van der Waals surface area contributed by atoms with Crippen LogP contribution in [0, 0.1) is 18.0 Å². The van der Waals surface area contributed by atoms with Crippen LogP contribution in [0.4, 0.5) is 22.0 Å². The van der Waals surface area contributed by atoms with E-state index in [4.69, 9.17) is 0 Å². The molecule has 0 spiro atoms. The zero-order valence-electron chi connectivity index (χ0n) is 17.2. The van der Waals surface area contributed by atoms with Crippen LogP contribution in [0.1, 0.15) is 35.7 Å². The van der Waals surface area contributed by atoms with Crippen LogP contribution in [-0.2, 0) is 36.5 Å². The van der Waals surface area contributed by atoms with Crippen LogP contribution in [0.5, 0.6) is 0 Å². The molecule has 34 heavy (non-hydrogen) atoms. The van der Waals surface area contributed by atoms with Gasteiger partial charge in [0.2, 0.25) is 0 Å². The molecular formula is C20H13F5N4O3PtS. The number of pyridine rings is 3. The molecule has 3 heterocycles. The van der Waals surface area contributed by atoms with Crippen molar-refractivity contribution in [3.63, 3.8) is 0 Å². The van der Waals surface area contributed by atoms with E-state index in [2.05, 4.69) is 25.7 Å². The summed E-state index contributed by atoms with van der Waals surface area (Å²) in [7, 11) is -6.04. The van der Waals surface area contributed by atoms with E-state index in [1.807, 2.05) is 0 Å². The number of carbonyl (C=O) groups excluding carboxylic acids is 1. The Morgan fingerprint density at radius 2 is 1.56 bits per heavy atom. The minimum absolute atomic E-state index is 0. The monoisotopic (exact) mass is 679 g/mol. The van der Waals surface area contributed by atoms with Gasteiger partial charge in [-0.3, -0.25) is 9.97 Å². The minimum Gasteiger partial charge on any atom is -0.533 e. The van der Waals surface area contributed by atoms with E-state index in [-0.39, 0.29) is 38.0 Å². The predicted molar refractivity (Wildman–Crippen MR) is 105 cm³/mol. The van der Waals surface area contributed by atoms with Crippen LogP contribution in [0.3, 0.4) is 0 Å². The SMILES string of the molecule is CC(C)(c1cccc(C(=O)[N-]S(=O)(=O)C(F)(F)F)n1)c1cccc(-c2[c-]cc(F)nc2F)n1.[Pt+2]. The maximum Gasteiger partial charge on any atom is 2.00 e. The molecule has 182 valence electrons. The van der Waals surface area contributed by atoms with Crippen molar-refractivity contribution in [3.8, 4) is 11.3 Å². The number of sulfonamides is 1. The normalized spacial score (nSPS) is 12.1. The molecular weight excluding hydrogens is 666 g/mol. The zero-order valence-corrected chi connectivity index (χ0v) is 20.3. The third kappa shape index (κ3) is 5.64. The first kappa shape index (κ1) is 27.5. The number of carbonyl (C=O) groups is 1. The third-order valence-corrected chi connectivity index (χ3v) is 5.49. The van der Waals surface area contributed by atoms with Gasteiger partial charge in [0.05, 0.1) is 11.4 Å². The maximum atomic E-state index is 14.0. The summed E-state index contributed by atoms with van der Waals surface area (Å²) in [5.74, 6) is -3.88. The molecule has 0 fully saturated rings. The second kappa shape index (κ2) is 9.83. The number of halogens is 5. The van der Waals surface area contributed by atoms with E-state index < -0.39 is 44.4 Å². The van der Waals surface area contributed by atoms with Gasteiger partial charge in [0, 0.05) is 11.1 Å². The molecule has 0 aliphatic heterocycles. The fourth-order valence-corrected chi connectivity index (χ4v) is 3.13. The predicted octanol–water partition coefficient (Wildman–Crippen LogP) is 4.30. The van der Waals surface area contributed by atoms with Crippen LogP contribution in [0.25, 0.3) is 16.0 Å². The first-order chi connectivity index (χ1) is 15.2. The number of nitrogens with zero attached hydrogens (tertiary/aromatic N) is 4. The summed E-state index contributed by atoms with van der Waals surface area (Å²) in [6.07, 6.45) is 0. The fourth-order valence-electron chi connectivity index (χ4n) is 2.72. The van der Waals surface area contributed by atoms with Gasteiger partial charge < -0.3 is 14.5 Å². The average molecular weight is 679 g/mol. The summed E-state index contributed by atoms with van der Waals surface area (Å²) in [5.41, 5.74) is -7.13. The van der Waals surface area contributed by atoms with Crippen molar-refractivity contribution < 1.29 is 56.2 Å². The Morgan fingerprint density at radius 3 is 2.15 bits per heavy atom. The van der Waals surface area contributed by atoms with Crippen LogP contribution in [-0.4, -0.2) is 34.8 Å². The van der Waals surface area contributed by atoms with E-state index >= 15 is 0 Å². The van der Waals surface area contributed by atoms with Crippen LogP contribution in [0.15, 0.2) is 42.5 Å². The Hall–Kier alpha value is -2.79. The molecule has 3 aromatic rings. The van der Waals surface area contributed by atoms with E-state index in [1.54, 1.807) is 19.9 Å². The van der Waals surface area contributed by atoms with Gasteiger partial charge >= 0.3 is 26.6 Å². The van der Waals surface area contributed by atoms with Gasteiger partial charge in [-0.15, -0.1) is 6.07 Å². The summed E-state index contributed by atoms with van der Waals surface area (Å²) in [4.78, 5) is 23.4. The van der Waals surface area contributed by atoms with Gasteiger partial charge in [-0.2, -0.15) is 13.2 Å². The Balaban J connectivity index is 0.00000408. The molecule has 0 aliphatic carbocycles. The van der Waals surface area contributed by atoms with Gasteiger partial charge in [0.15, 0.2) is 10.0 Å². The topological polar surface area (TPSA) is 104 Å². The molecule has 7 nitrogen and oxygen atoms in total. The first-order valence-corrected chi connectivity index (χ1v) is 10.4. The van der Waals surface area contributed by atoms with Crippen molar-refractivity contribution in [1.82, 2.24) is 15.0 Å². The first-order valence-electron chi connectivity index (χ1n) is 9.00. The molecule has 0 saturated heterocycles. The van der Waals surface area contributed by atoms with Crippen molar-refractivity contribution in [3.05, 3.63) is 82.2 Å². The minimum atomic E-state index is -6.04. The van der Waals surface area contributed by atoms with Gasteiger partial charge in [-0.1, -0.05) is 29.8 Å². The Bertz CT molecular complexity index is 1330. The molecule has 0 saturated carbocycles. The van der Waals surface area contributed by atoms with Crippen molar-refractivity contribution in [2.75, 3.05) is 0 Å². The second-order valence-electron chi connectivity index (χ2n) is 7.15. The maximum absolute atomic E-state index is 14.0. The second-order valence-corrected chi connectivity index (χ2v) is 8.74. The summed E-state index contributed by atoms with van der Waals surface area (Å²) in [6.45, 7) is 3.23. The molecule has 14 heteroatoms. The summed E-state index contributed by atoms with van der Waals surface area (Å²) in [6, 6.07) is 11.5. The van der Waals surface area contributed by atoms with Gasteiger partial charge in [-0.05, 0) is 37.7 Å². The number of hydrogen-bond donors (Lipinski definition) is 0. The molecule has 0 atom stereocenters.